The monoisotopic (exact) mass is 410 g/mol. The molecule has 3 amide bonds. The van der Waals surface area contributed by atoms with E-state index in [1.165, 1.54) is 6.92 Å². The van der Waals surface area contributed by atoms with Gasteiger partial charge in [0.25, 0.3) is 0 Å². The molecule has 0 saturated carbocycles. The third-order valence-corrected chi connectivity index (χ3v) is 3.85. The van der Waals surface area contributed by atoms with Gasteiger partial charge < -0.3 is 42.1 Å². The van der Waals surface area contributed by atoms with Crippen LogP contribution in [0.15, 0.2) is 0 Å². The van der Waals surface area contributed by atoms with Crippen LogP contribution >= 0.6 is 12.6 Å². The largest absolute Gasteiger partial charge is 0.480 e. The quantitative estimate of drug-likeness (QED) is 0.150. The van der Waals surface area contributed by atoms with E-state index in [1.54, 1.807) is 0 Å². The molecular formula is C14H26N4O8S. The molecule has 0 spiro atoms. The van der Waals surface area contributed by atoms with E-state index in [-0.39, 0.29) is 5.75 Å². The molecule has 0 saturated heterocycles. The van der Waals surface area contributed by atoms with Crippen LogP contribution in [0, 0.1) is 0 Å². The van der Waals surface area contributed by atoms with Crippen LogP contribution in [-0.2, 0) is 19.2 Å². The summed E-state index contributed by atoms with van der Waals surface area (Å²) < 4.78 is 0. The summed E-state index contributed by atoms with van der Waals surface area (Å²) in [4.78, 5) is 47.1. The first-order chi connectivity index (χ1) is 12.5. The fourth-order valence-electron chi connectivity index (χ4n) is 1.84. The van der Waals surface area contributed by atoms with E-state index in [4.69, 9.17) is 15.9 Å². The Bertz CT molecular complexity index is 545. The number of nitrogens with one attached hydrogen (secondary N) is 3. The van der Waals surface area contributed by atoms with Gasteiger partial charge in [-0.05, 0) is 13.8 Å². The van der Waals surface area contributed by atoms with E-state index in [9.17, 15) is 29.4 Å². The average molecular weight is 410 g/mol. The van der Waals surface area contributed by atoms with Crippen molar-refractivity contribution in [3.8, 4) is 0 Å². The van der Waals surface area contributed by atoms with Crippen LogP contribution in [0.25, 0.3) is 0 Å². The zero-order chi connectivity index (χ0) is 21.3. The molecule has 0 aliphatic rings. The number of hydrogen-bond donors (Lipinski definition) is 9. The number of aliphatic carboxylic acids is 1. The van der Waals surface area contributed by atoms with Crippen LogP contribution in [0.5, 0.6) is 0 Å². The average Bonchev–Trinajstić information content (AvgIpc) is 2.59. The molecule has 12 nitrogen and oxygen atoms in total. The second-order valence-corrected chi connectivity index (χ2v) is 6.19. The van der Waals surface area contributed by atoms with Gasteiger partial charge in [-0.1, -0.05) is 0 Å². The van der Waals surface area contributed by atoms with Gasteiger partial charge >= 0.3 is 5.97 Å². The van der Waals surface area contributed by atoms with E-state index in [1.807, 2.05) is 5.32 Å². The fraction of sp³-hybridized carbons (Fsp3) is 0.714. The topological polar surface area (TPSA) is 211 Å². The Hall–Kier alpha value is -1.93. The van der Waals surface area contributed by atoms with Crippen LogP contribution in [0.4, 0.5) is 0 Å². The predicted molar refractivity (Wildman–Crippen MR) is 95.7 cm³/mol. The van der Waals surface area contributed by atoms with Gasteiger partial charge in [0.05, 0.1) is 24.9 Å². The Kier molecular flexibility index (Phi) is 10.9. The van der Waals surface area contributed by atoms with Gasteiger partial charge in [0.2, 0.25) is 17.7 Å². The highest BCUT2D eigenvalue weighted by Gasteiger charge is 2.34. The van der Waals surface area contributed by atoms with Crippen molar-refractivity contribution in [3.05, 3.63) is 0 Å². The van der Waals surface area contributed by atoms with Gasteiger partial charge in [-0.15, -0.1) is 0 Å². The van der Waals surface area contributed by atoms with Gasteiger partial charge in [-0.25, -0.2) is 4.79 Å². The zero-order valence-corrected chi connectivity index (χ0v) is 15.7. The van der Waals surface area contributed by atoms with Crippen LogP contribution < -0.4 is 21.7 Å². The molecule has 0 radical (unpaired) electrons. The van der Waals surface area contributed by atoms with Crippen molar-refractivity contribution in [2.75, 3.05) is 12.4 Å². The van der Waals surface area contributed by atoms with Crippen molar-refractivity contribution in [1.82, 2.24) is 16.0 Å². The molecule has 0 bridgehead atoms. The number of hydrogen-bond acceptors (Lipinski definition) is 9. The molecule has 0 rings (SSSR count). The third-order valence-electron chi connectivity index (χ3n) is 3.46. The van der Waals surface area contributed by atoms with Crippen molar-refractivity contribution in [2.24, 2.45) is 5.73 Å². The Balaban J connectivity index is 5.24. The molecule has 9 N–H and O–H groups in total. The van der Waals surface area contributed by atoms with E-state index in [0.717, 1.165) is 6.92 Å². The second-order valence-electron chi connectivity index (χ2n) is 5.82. The molecular weight excluding hydrogens is 384 g/mol. The van der Waals surface area contributed by atoms with Crippen molar-refractivity contribution in [3.63, 3.8) is 0 Å². The second kappa shape index (κ2) is 11.7. The van der Waals surface area contributed by atoms with Crippen LogP contribution in [0.3, 0.4) is 0 Å². The first-order valence-corrected chi connectivity index (χ1v) is 8.56. The minimum atomic E-state index is -1.64. The number of thiol groups is 1. The number of carboxylic acids is 1. The maximum atomic E-state index is 12.3. The molecule has 0 heterocycles. The lowest BCUT2D eigenvalue weighted by Crippen LogP contribution is -2.62. The maximum absolute atomic E-state index is 12.3. The van der Waals surface area contributed by atoms with E-state index in [2.05, 4.69) is 23.3 Å². The van der Waals surface area contributed by atoms with Gasteiger partial charge in [0, 0.05) is 5.75 Å². The van der Waals surface area contributed by atoms with Gasteiger partial charge in [0.15, 0.2) is 0 Å². The number of nitrogens with two attached hydrogens (primary N) is 1. The molecule has 0 aromatic carbocycles. The van der Waals surface area contributed by atoms with E-state index < -0.39 is 66.7 Å². The summed E-state index contributed by atoms with van der Waals surface area (Å²) in [7, 11) is 0. The molecule has 0 aromatic rings. The standard InChI is InChI=1S/C14H26N4O8S/c1-5(20)9(12(23)16-8(3-19)14(25)26)18-13(24)10(6(2)21)17-11(22)7(15)4-27/h5-10,19-21,27H,3-4,15H2,1-2H3,(H,16,23)(H,17,22)(H,18,24)(H,25,26). The van der Waals surface area contributed by atoms with E-state index in [0.29, 0.717) is 0 Å². The first-order valence-electron chi connectivity index (χ1n) is 7.93. The molecule has 6 atom stereocenters. The lowest BCUT2D eigenvalue weighted by molar-refractivity contribution is -0.144. The summed E-state index contributed by atoms with van der Waals surface area (Å²) in [5, 5.41) is 43.5. The summed E-state index contributed by atoms with van der Waals surface area (Å²) in [6.07, 6.45) is -2.82. The predicted octanol–water partition coefficient (Wildman–Crippen LogP) is -4.46. The van der Waals surface area contributed by atoms with Crippen molar-refractivity contribution >= 4 is 36.3 Å². The molecule has 0 aliphatic carbocycles. The summed E-state index contributed by atoms with van der Waals surface area (Å²) in [6, 6.07) is -5.79. The van der Waals surface area contributed by atoms with Crippen LogP contribution in [0.1, 0.15) is 13.8 Å². The summed E-state index contributed by atoms with van der Waals surface area (Å²) in [6.45, 7) is 1.46. The zero-order valence-electron chi connectivity index (χ0n) is 14.8. The first kappa shape index (κ1) is 25.1. The van der Waals surface area contributed by atoms with E-state index >= 15 is 0 Å². The van der Waals surface area contributed by atoms with Gasteiger partial charge in [-0.3, -0.25) is 14.4 Å². The Labute approximate surface area is 160 Å². The molecule has 27 heavy (non-hydrogen) atoms. The van der Waals surface area contributed by atoms with Crippen LogP contribution in [0.2, 0.25) is 0 Å². The highest BCUT2D eigenvalue weighted by Crippen LogP contribution is 2.00. The number of amides is 3. The highest BCUT2D eigenvalue weighted by atomic mass is 32.1. The molecule has 0 aliphatic heterocycles. The number of aliphatic hydroxyl groups is 3. The number of rotatable bonds is 11. The minimum absolute atomic E-state index is 0.0174. The molecule has 0 fully saturated rings. The van der Waals surface area contributed by atoms with Crippen LogP contribution in [-0.4, -0.2) is 92.9 Å². The lowest BCUT2D eigenvalue weighted by Gasteiger charge is -2.27. The molecule has 156 valence electrons. The number of carbonyl (C=O) groups excluding carboxylic acids is 3. The number of carbonyl (C=O) groups is 4. The van der Waals surface area contributed by atoms with Crippen molar-refractivity contribution < 1.29 is 39.6 Å². The molecule has 13 heteroatoms. The Morgan fingerprint density at radius 2 is 1.33 bits per heavy atom. The fourth-order valence-corrected chi connectivity index (χ4v) is 2.01. The Morgan fingerprint density at radius 3 is 1.67 bits per heavy atom. The van der Waals surface area contributed by atoms with Gasteiger partial charge in [0.1, 0.15) is 18.1 Å². The van der Waals surface area contributed by atoms with Crippen molar-refractivity contribution in [2.45, 2.75) is 50.2 Å². The summed E-state index contributed by atoms with van der Waals surface area (Å²) in [5.41, 5.74) is 5.48. The SMILES string of the molecule is CC(O)C(NC(=O)C(N)CS)C(=O)NC(C(=O)NC(CO)C(=O)O)C(C)O. The Morgan fingerprint density at radius 1 is 0.926 bits per heavy atom. The van der Waals surface area contributed by atoms with Crippen molar-refractivity contribution in [1.29, 1.82) is 0 Å². The third kappa shape index (κ3) is 8.09. The van der Waals surface area contributed by atoms with Gasteiger partial charge in [-0.2, -0.15) is 12.6 Å². The minimum Gasteiger partial charge on any atom is -0.480 e. The molecule has 0 aromatic heterocycles. The summed E-state index contributed by atoms with van der Waals surface area (Å²) >= 11 is 3.84. The number of carboxylic acid groups (broad SMARTS) is 1. The highest BCUT2D eigenvalue weighted by molar-refractivity contribution is 7.80. The maximum Gasteiger partial charge on any atom is 0.328 e. The normalized spacial score (nSPS) is 17.6. The smallest absolute Gasteiger partial charge is 0.328 e. The molecule has 6 unspecified atom stereocenters. The summed E-state index contributed by atoms with van der Waals surface area (Å²) in [5.74, 6) is -4.40. The lowest BCUT2D eigenvalue weighted by atomic mass is 10.1. The number of aliphatic hydroxyl groups excluding tert-OH is 3.